The number of hydrogen-bond donors (Lipinski definition) is 2. The van der Waals surface area contributed by atoms with Crippen molar-refractivity contribution in [2.75, 3.05) is 19.6 Å². The maximum Gasteiger partial charge on any atom is 0.325 e. The second-order valence-electron chi connectivity index (χ2n) is 9.85. The highest BCUT2D eigenvalue weighted by Gasteiger charge is 2.55. The summed E-state index contributed by atoms with van der Waals surface area (Å²) >= 11 is 6.05. The van der Waals surface area contributed by atoms with Crippen molar-refractivity contribution in [2.45, 2.75) is 45.2 Å². The van der Waals surface area contributed by atoms with Gasteiger partial charge in [-0.1, -0.05) is 43.6 Å². The molecule has 2 heterocycles. The van der Waals surface area contributed by atoms with E-state index in [1.54, 1.807) is 24.3 Å². The third kappa shape index (κ3) is 5.05. The van der Waals surface area contributed by atoms with Crippen LogP contribution in [0, 0.1) is 17.7 Å². The molecule has 6 nitrogen and oxygen atoms in total. The molecule has 182 valence electrons. The number of piperidine rings is 1. The third-order valence-corrected chi connectivity index (χ3v) is 7.13. The summed E-state index contributed by atoms with van der Waals surface area (Å²) in [5.41, 5.74) is 0.624. The van der Waals surface area contributed by atoms with Crippen molar-refractivity contribution in [1.82, 2.24) is 15.1 Å². The fourth-order valence-corrected chi connectivity index (χ4v) is 5.38. The van der Waals surface area contributed by atoms with Gasteiger partial charge in [-0.05, 0) is 73.2 Å². The molecule has 3 amide bonds. The van der Waals surface area contributed by atoms with Gasteiger partial charge in [0.2, 0.25) is 0 Å². The zero-order chi connectivity index (χ0) is 24.5. The van der Waals surface area contributed by atoms with Gasteiger partial charge in [0.25, 0.3) is 5.91 Å². The number of likely N-dealkylation sites (tertiary alicyclic amines) is 1. The zero-order valence-electron chi connectivity index (χ0n) is 19.6. The van der Waals surface area contributed by atoms with E-state index in [9.17, 15) is 19.1 Å². The lowest BCUT2D eigenvalue weighted by atomic mass is 9.73. The van der Waals surface area contributed by atoms with Crippen molar-refractivity contribution < 1.29 is 19.1 Å². The number of carbonyl (C=O) groups is 2. The number of phenols is 1. The minimum absolute atomic E-state index is 0.0601. The lowest BCUT2D eigenvalue weighted by Gasteiger charge is -2.41. The van der Waals surface area contributed by atoms with Gasteiger partial charge in [0.05, 0.1) is 5.02 Å². The quantitative estimate of drug-likeness (QED) is 0.560. The summed E-state index contributed by atoms with van der Waals surface area (Å²) in [7, 11) is 0. The van der Waals surface area contributed by atoms with Gasteiger partial charge in [0.1, 0.15) is 17.1 Å². The normalized spacial score (nSPS) is 22.0. The molecular formula is C26H31ClFN3O3. The Bertz CT molecular complexity index is 1070. The molecule has 2 N–H and O–H groups in total. The summed E-state index contributed by atoms with van der Waals surface area (Å²) in [6.45, 7) is 6.49. The first kappa shape index (κ1) is 24.5. The Kier molecular flexibility index (Phi) is 7.14. The van der Waals surface area contributed by atoms with Crippen LogP contribution < -0.4 is 5.32 Å². The van der Waals surface area contributed by atoms with Crippen molar-refractivity contribution >= 4 is 23.5 Å². The average molecular weight is 488 g/mol. The average Bonchev–Trinajstić information content (AvgIpc) is 3.01. The van der Waals surface area contributed by atoms with E-state index in [-0.39, 0.29) is 41.8 Å². The van der Waals surface area contributed by atoms with Crippen LogP contribution in [-0.4, -0.2) is 52.0 Å². The Balaban J connectivity index is 1.53. The van der Waals surface area contributed by atoms with E-state index in [2.05, 4.69) is 10.2 Å². The molecule has 0 radical (unpaired) electrons. The Morgan fingerprint density at radius 1 is 1.15 bits per heavy atom. The summed E-state index contributed by atoms with van der Waals surface area (Å²) in [6, 6.07) is 11.1. The second kappa shape index (κ2) is 9.92. The van der Waals surface area contributed by atoms with Gasteiger partial charge >= 0.3 is 6.03 Å². The lowest BCUT2D eigenvalue weighted by Crippen LogP contribution is -2.57. The fraction of sp³-hybridized carbons (Fsp3) is 0.462. The number of halogens is 2. The maximum atomic E-state index is 13.9. The molecule has 1 atom stereocenters. The van der Waals surface area contributed by atoms with Crippen molar-refractivity contribution in [2.24, 2.45) is 11.8 Å². The van der Waals surface area contributed by atoms with Crippen LogP contribution in [0.25, 0.3) is 0 Å². The number of hydrogen-bond acceptors (Lipinski definition) is 4. The monoisotopic (exact) mass is 487 g/mol. The van der Waals surface area contributed by atoms with Gasteiger partial charge in [-0.15, -0.1) is 0 Å². The molecule has 0 aromatic heterocycles. The van der Waals surface area contributed by atoms with Gasteiger partial charge in [0, 0.05) is 19.5 Å². The highest BCUT2D eigenvalue weighted by molar-refractivity contribution is 6.32. The standard InChI is InChI=1S/C26H31ClFN3O3/c1-17(2)15-31-24(33)26(29-25(31)34,14-18-4-3-5-21(28)12-18)20-8-10-30(11-9-20)16-19-6-7-23(32)22(27)13-19/h3-7,12-13,17,20,32H,8-11,14-16H2,1-2H3,(H,29,34)/t26-/m1/s1. The first-order chi connectivity index (χ1) is 16.2. The molecule has 2 fully saturated rings. The number of nitrogens with zero attached hydrogens (tertiary/aromatic N) is 2. The molecule has 0 saturated carbocycles. The summed E-state index contributed by atoms with van der Waals surface area (Å²) in [5.74, 6) is -0.419. The van der Waals surface area contributed by atoms with Crippen molar-refractivity contribution in [3.8, 4) is 5.75 Å². The lowest BCUT2D eigenvalue weighted by molar-refractivity contribution is -0.134. The van der Waals surface area contributed by atoms with Crippen LogP contribution in [0.2, 0.25) is 5.02 Å². The Morgan fingerprint density at radius 3 is 2.53 bits per heavy atom. The van der Waals surface area contributed by atoms with Crippen LogP contribution in [0.3, 0.4) is 0 Å². The third-order valence-electron chi connectivity index (χ3n) is 6.82. The Morgan fingerprint density at radius 2 is 1.88 bits per heavy atom. The van der Waals surface area contributed by atoms with E-state index in [0.29, 0.717) is 23.7 Å². The maximum absolute atomic E-state index is 13.9. The van der Waals surface area contributed by atoms with Gasteiger partial charge < -0.3 is 10.4 Å². The molecule has 34 heavy (non-hydrogen) atoms. The molecule has 4 rings (SSSR count). The van der Waals surface area contributed by atoms with Crippen LogP contribution in [-0.2, 0) is 17.8 Å². The molecular weight excluding hydrogens is 457 g/mol. The molecule has 0 bridgehead atoms. The number of amides is 3. The minimum atomic E-state index is -1.08. The first-order valence-corrected chi connectivity index (χ1v) is 12.1. The van der Waals surface area contributed by atoms with Gasteiger partial charge in [0.15, 0.2) is 0 Å². The smallest absolute Gasteiger partial charge is 0.325 e. The van der Waals surface area contributed by atoms with Crippen LogP contribution in [0.4, 0.5) is 9.18 Å². The minimum Gasteiger partial charge on any atom is -0.506 e. The fourth-order valence-electron chi connectivity index (χ4n) is 5.18. The van der Waals surface area contributed by atoms with E-state index in [1.807, 2.05) is 19.9 Å². The highest BCUT2D eigenvalue weighted by atomic mass is 35.5. The zero-order valence-corrected chi connectivity index (χ0v) is 20.3. The summed E-state index contributed by atoms with van der Waals surface area (Å²) in [4.78, 5) is 30.2. The van der Waals surface area contributed by atoms with Crippen LogP contribution >= 0.6 is 11.6 Å². The highest BCUT2D eigenvalue weighted by Crippen LogP contribution is 2.37. The van der Waals surface area contributed by atoms with Crippen LogP contribution in [0.1, 0.15) is 37.8 Å². The van der Waals surface area contributed by atoms with E-state index < -0.39 is 5.54 Å². The number of benzene rings is 2. The molecule has 2 aromatic rings. The second-order valence-corrected chi connectivity index (χ2v) is 10.3. The number of rotatable bonds is 7. The predicted molar refractivity (Wildman–Crippen MR) is 129 cm³/mol. The van der Waals surface area contributed by atoms with Crippen LogP contribution in [0.15, 0.2) is 42.5 Å². The molecule has 2 aliphatic rings. The topological polar surface area (TPSA) is 72.9 Å². The molecule has 8 heteroatoms. The van der Waals surface area contributed by atoms with E-state index in [4.69, 9.17) is 11.6 Å². The number of nitrogens with one attached hydrogen (secondary N) is 1. The van der Waals surface area contributed by atoms with Crippen molar-refractivity contribution in [3.05, 3.63) is 64.4 Å². The summed E-state index contributed by atoms with van der Waals surface area (Å²) in [5, 5.41) is 13.0. The summed E-state index contributed by atoms with van der Waals surface area (Å²) < 4.78 is 13.9. The van der Waals surface area contributed by atoms with Crippen molar-refractivity contribution in [3.63, 3.8) is 0 Å². The van der Waals surface area contributed by atoms with Crippen molar-refractivity contribution in [1.29, 1.82) is 0 Å². The van der Waals surface area contributed by atoms with Gasteiger partial charge in [-0.3, -0.25) is 14.6 Å². The molecule has 0 spiro atoms. The molecule has 0 unspecified atom stereocenters. The number of urea groups is 1. The van der Waals surface area contributed by atoms with E-state index in [0.717, 1.165) is 31.5 Å². The SMILES string of the molecule is CC(C)CN1C(=O)N[C@](Cc2cccc(F)c2)(C2CCN(Cc3ccc(O)c(Cl)c3)CC2)C1=O. The largest absolute Gasteiger partial charge is 0.506 e. The number of imide groups is 1. The Hall–Kier alpha value is -2.64. The first-order valence-electron chi connectivity index (χ1n) is 11.8. The molecule has 0 aliphatic carbocycles. The number of aromatic hydroxyl groups is 1. The van der Waals surface area contributed by atoms with Crippen LogP contribution in [0.5, 0.6) is 5.75 Å². The Labute approximate surface area is 204 Å². The van der Waals surface area contributed by atoms with Gasteiger partial charge in [-0.2, -0.15) is 0 Å². The van der Waals surface area contributed by atoms with E-state index >= 15 is 0 Å². The molecule has 2 aromatic carbocycles. The number of phenolic OH excluding ortho intramolecular Hbond substituents is 1. The predicted octanol–water partition coefficient (Wildman–Crippen LogP) is 4.59. The van der Waals surface area contributed by atoms with E-state index in [1.165, 1.54) is 17.0 Å². The molecule has 2 saturated heterocycles. The summed E-state index contributed by atoms with van der Waals surface area (Å²) in [6.07, 6.45) is 1.72. The van der Waals surface area contributed by atoms with Gasteiger partial charge in [-0.25, -0.2) is 9.18 Å². The molecule has 2 aliphatic heterocycles. The number of carbonyl (C=O) groups excluding carboxylic acids is 2.